The minimum Gasteiger partial charge on any atom is -0.393 e. The fourth-order valence-electron chi connectivity index (χ4n) is 13.6. The van der Waals surface area contributed by atoms with E-state index in [4.69, 9.17) is 37.9 Å². The van der Waals surface area contributed by atoms with Crippen molar-refractivity contribution in [2.45, 2.75) is 190 Å². The molecule has 0 aromatic rings. The monoisotopic (exact) mass is 840 g/mol. The van der Waals surface area contributed by atoms with E-state index in [1.165, 1.54) is 0 Å². The Morgan fingerprint density at radius 2 is 1.36 bits per heavy atom. The maximum Gasteiger partial charge on any atom is 0.187 e. The smallest absolute Gasteiger partial charge is 0.187 e. The molecule has 9 aliphatic rings. The van der Waals surface area contributed by atoms with Crippen LogP contribution in [0.15, 0.2) is 11.6 Å². The summed E-state index contributed by atoms with van der Waals surface area (Å²) in [7, 11) is 0. The lowest BCUT2D eigenvalue weighted by molar-refractivity contribution is -0.386. The Hall–Kier alpha value is -0.900. The van der Waals surface area contributed by atoms with Gasteiger partial charge in [0, 0.05) is 24.2 Å². The van der Waals surface area contributed by atoms with Gasteiger partial charge in [-0.2, -0.15) is 0 Å². The van der Waals surface area contributed by atoms with Gasteiger partial charge in [0.1, 0.15) is 54.9 Å². The first-order valence-corrected chi connectivity index (χ1v) is 22.3. The van der Waals surface area contributed by atoms with E-state index in [1.54, 1.807) is 6.92 Å². The van der Waals surface area contributed by atoms with E-state index in [0.29, 0.717) is 36.5 Å². The van der Waals surface area contributed by atoms with E-state index in [-0.39, 0.29) is 36.6 Å². The summed E-state index contributed by atoms with van der Waals surface area (Å²) >= 11 is 0. The van der Waals surface area contributed by atoms with Crippen LogP contribution >= 0.6 is 0 Å². The van der Waals surface area contributed by atoms with Crippen LogP contribution in [-0.2, 0) is 37.9 Å². The van der Waals surface area contributed by atoms with E-state index < -0.39 is 103 Å². The Balaban J connectivity index is 1.00. The second-order valence-electron chi connectivity index (χ2n) is 20.3. The third-order valence-corrected chi connectivity index (χ3v) is 17.0. The molecule has 0 unspecified atom stereocenters. The highest BCUT2D eigenvalue weighted by molar-refractivity contribution is 5.29. The molecule has 8 N–H and O–H groups in total. The topological polar surface area (TPSA) is 236 Å². The molecule has 0 aromatic heterocycles. The molecule has 59 heavy (non-hydrogen) atoms. The summed E-state index contributed by atoms with van der Waals surface area (Å²) in [6.45, 7) is 11.0. The van der Waals surface area contributed by atoms with E-state index in [0.717, 1.165) is 50.7 Å². The molecule has 5 heterocycles. The second-order valence-corrected chi connectivity index (χ2v) is 20.3. The number of hydrogen-bond donors (Lipinski definition) is 8. The molecule has 9 rings (SSSR count). The Morgan fingerprint density at radius 1 is 0.695 bits per heavy atom. The molecule has 8 fully saturated rings. The summed E-state index contributed by atoms with van der Waals surface area (Å²) < 4.78 is 50.7. The van der Waals surface area contributed by atoms with Gasteiger partial charge in [0.2, 0.25) is 0 Å². The molecule has 16 heteroatoms. The number of hydrogen-bond acceptors (Lipinski definition) is 16. The van der Waals surface area contributed by atoms with Gasteiger partial charge in [-0.15, -0.1) is 0 Å². The molecule has 4 aliphatic carbocycles. The lowest BCUT2D eigenvalue weighted by Crippen LogP contribution is -2.66. The van der Waals surface area contributed by atoms with Crippen LogP contribution in [0.25, 0.3) is 0 Å². The molecular formula is C43H68O16. The average molecular weight is 841 g/mol. The van der Waals surface area contributed by atoms with Crippen LogP contribution < -0.4 is 0 Å². The molecule has 0 amide bonds. The van der Waals surface area contributed by atoms with Crippen molar-refractivity contribution in [2.75, 3.05) is 19.8 Å². The Bertz CT molecular complexity index is 1540. The molecule has 0 aromatic carbocycles. The summed E-state index contributed by atoms with van der Waals surface area (Å²) in [5, 5.41) is 86.1. The third-order valence-electron chi connectivity index (χ3n) is 17.0. The number of allylic oxidation sites excluding steroid dienone is 1. The first-order chi connectivity index (χ1) is 28.0. The van der Waals surface area contributed by atoms with Crippen LogP contribution in [0.3, 0.4) is 0 Å². The van der Waals surface area contributed by atoms with Crippen LogP contribution in [0, 0.1) is 46.3 Å². The Labute approximate surface area is 346 Å². The van der Waals surface area contributed by atoms with Crippen LogP contribution in [-0.4, -0.2) is 165 Å². The number of aliphatic hydroxyl groups is 8. The molecule has 1 spiro atoms. The molecular weight excluding hydrogens is 772 g/mol. The van der Waals surface area contributed by atoms with Crippen molar-refractivity contribution in [1.29, 1.82) is 0 Å². The maximum absolute atomic E-state index is 11.6. The van der Waals surface area contributed by atoms with Gasteiger partial charge in [-0.3, -0.25) is 0 Å². The van der Waals surface area contributed by atoms with Crippen LogP contribution in [0.2, 0.25) is 0 Å². The van der Waals surface area contributed by atoms with Crippen molar-refractivity contribution in [2.24, 2.45) is 46.3 Å². The van der Waals surface area contributed by atoms with Gasteiger partial charge in [0.15, 0.2) is 24.7 Å². The fraction of sp³-hybridized carbons (Fsp3) is 0.953. The number of fused-ring (bicyclic) bond motifs is 7. The van der Waals surface area contributed by atoms with Crippen LogP contribution in [0.4, 0.5) is 0 Å². The summed E-state index contributed by atoms with van der Waals surface area (Å²) in [4.78, 5) is 0. The summed E-state index contributed by atoms with van der Waals surface area (Å²) in [5.41, 5.74) is 0.690. The summed E-state index contributed by atoms with van der Waals surface area (Å²) in [5.74, 6) is 1.69. The van der Waals surface area contributed by atoms with Crippen LogP contribution in [0.1, 0.15) is 86.0 Å². The van der Waals surface area contributed by atoms with Gasteiger partial charge >= 0.3 is 0 Å². The lowest BCUT2D eigenvalue weighted by atomic mass is 9.46. The van der Waals surface area contributed by atoms with Gasteiger partial charge in [0.05, 0.1) is 44.2 Å². The Morgan fingerprint density at radius 3 is 2.00 bits per heavy atom. The molecule has 0 radical (unpaired) electrons. The number of ether oxygens (including phenoxy) is 8. The largest absolute Gasteiger partial charge is 0.393 e. The van der Waals surface area contributed by atoms with Gasteiger partial charge in [-0.05, 0) is 80.5 Å². The van der Waals surface area contributed by atoms with Gasteiger partial charge in [0.25, 0.3) is 0 Å². The first kappa shape index (κ1) is 43.4. The SMILES string of the molecule is C[C@H]1CC[C@@]2(OC1)O[C@H]1C[C@H]3[C@@H]4CC=C5C[C@@H](O)C[C@@H](O[C@@H]6O[C@H](C)[C@H](O)[C@H](O[C@@H]7OC[C@@H](O)[C@H](O)[C@H]7O)[C@H]6O[C@@H]6OC[C@@H](O)[C@H](O)[C@H]6O)[C@]5(C)[C@H]4CC[C@]3(C)[C@H]1[C@@H]2C. The highest BCUT2D eigenvalue weighted by Crippen LogP contribution is 2.71. The van der Waals surface area contributed by atoms with Crippen molar-refractivity contribution >= 4 is 0 Å². The molecule has 5 aliphatic heterocycles. The zero-order valence-corrected chi connectivity index (χ0v) is 34.9. The van der Waals surface area contributed by atoms with E-state index >= 15 is 0 Å². The number of rotatable bonds is 6. The van der Waals surface area contributed by atoms with E-state index in [2.05, 4.69) is 33.8 Å². The summed E-state index contributed by atoms with van der Waals surface area (Å²) in [6, 6.07) is 0. The molecule has 25 atom stereocenters. The van der Waals surface area contributed by atoms with Crippen molar-refractivity contribution in [3.8, 4) is 0 Å². The van der Waals surface area contributed by atoms with Gasteiger partial charge in [-0.25, -0.2) is 0 Å². The quantitative estimate of drug-likeness (QED) is 0.170. The zero-order valence-electron chi connectivity index (χ0n) is 34.9. The van der Waals surface area contributed by atoms with Gasteiger partial charge < -0.3 is 78.7 Å². The van der Waals surface area contributed by atoms with Crippen molar-refractivity contribution in [3.05, 3.63) is 11.6 Å². The van der Waals surface area contributed by atoms with Gasteiger partial charge in [-0.1, -0.05) is 39.3 Å². The minimum absolute atomic E-state index is 0.0727. The average Bonchev–Trinajstić information content (AvgIpc) is 3.65. The standard InChI is InChI=1S/C43H68O16/c1-18-8-11-43(54-15-18)19(2)30-28(59-43)14-25-23-7-6-21-12-22(44)13-29(42(21,5)24(23)9-10-41(25,30)4)56-40-37(58-39-35(51)33(49)27(46)17-53-39)36(31(47)20(3)55-40)57-38-34(50)32(48)26(45)16-52-38/h6,18-20,22-40,44-51H,7-17H2,1-5H3/t18-,19-,20+,22+,23+,24-,25-,26+,27+,28-,29+,30-,31-,32-,33-,34+,35+,36-,37+,38-,39-,40-,41-,42-,43+/m0/s1. The Kier molecular flexibility index (Phi) is 11.7. The highest BCUT2D eigenvalue weighted by atomic mass is 16.8. The molecule has 0 bridgehead atoms. The zero-order chi connectivity index (χ0) is 41.9. The molecule has 16 nitrogen and oxygen atoms in total. The molecule has 5 saturated heterocycles. The normalized spacial score (nSPS) is 58.7. The molecule has 336 valence electrons. The van der Waals surface area contributed by atoms with E-state index in [1.807, 2.05) is 0 Å². The maximum atomic E-state index is 11.6. The van der Waals surface area contributed by atoms with Crippen LogP contribution in [0.5, 0.6) is 0 Å². The first-order valence-electron chi connectivity index (χ1n) is 22.3. The van der Waals surface area contributed by atoms with Crippen molar-refractivity contribution < 1.29 is 78.7 Å². The fourth-order valence-corrected chi connectivity index (χ4v) is 13.6. The predicted molar refractivity (Wildman–Crippen MR) is 204 cm³/mol. The lowest BCUT2D eigenvalue weighted by Gasteiger charge is -2.60. The number of aliphatic hydroxyl groups excluding tert-OH is 8. The predicted octanol–water partition coefficient (Wildman–Crippen LogP) is 0.463. The van der Waals surface area contributed by atoms with Crippen molar-refractivity contribution in [3.63, 3.8) is 0 Å². The minimum atomic E-state index is -1.70. The summed E-state index contributed by atoms with van der Waals surface area (Å²) in [6.07, 6.45) is -10.9. The van der Waals surface area contributed by atoms with E-state index in [9.17, 15) is 40.9 Å². The third kappa shape index (κ3) is 7.02. The second kappa shape index (κ2) is 16.0. The van der Waals surface area contributed by atoms with Crippen molar-refractivity contribution in [1.82, 2.24) is 0 Å². The molecule has 3 saturated carbocycles. The highest BCUT2D eigenvalue weighted by Gasteiger charge is 2.69.